The van der Waals surface area contributed by atoms with E-state index in [4.69, 9.17) is 4.74 Å². The van der Waals surface area contributed by atoms with Crippen LogP contribution in [-0.2, 0) is 11.3 Å². The molecule has 2 heterocycles. The Morgan fingerprint density at radius 1 is 1.48 bits per heavy atom. The summed E-state index contributed by atoms with van der Waals surface area (Å²) < 4.78 is 5.42. The maximum atomic E-state index is 12.0. The molecule has 4 nitrogen and oxygen atoms in total. The van der Waals surface area contributed by atoms with Gasteiger partial charge < -0.3 is 15.0 Å². The number of hydrogen-bond acceptors (Lipinski definition) is 4. The van der Waals surface area contributed by atoms with E-state index in [2.05, 4.69) is 25.2 Å². The van der Waals surface area contributed by atoms with Crippen LogP contribution in [0.25, 0.3) is 0 Å². The molecule has 21 heavy (non-hydrogen) atoms. The Balaban J connectivity index is 1.80. The molecule has 0 saturated carbocycles. The number of carbonyl (C=O) groups is 1. The van der Waals surface area contributed by atoms with E-state index in [9.17, 15) is 4.79 Å². The van der Waals surface area contributed by atoms with Crippen molar-refractivity contribution in [2.45, 2.75) is 59.2 Å². The van der Waals surface area contributed by atoms with Gasteiger partial charge in [0.25, 0.3) is 0 Å². The average Bonchev–Trinajstić information content (AvgIpc) is 2.91. The van der Waals surface area contributed by atoms with Crippen LogP contribution in [0.5, 0.6) is 0 Å². The Bertz CT molecular complexity index is 505. The zero-order valence-electron chi connectivity index (χ0n) is 13.7. The van der Waals surface area contributed by atoms with E-state index in [0.29, 0.717) is 6.04 Å². The number of carbonyl (C=O) groups excluding carboxylic acids is 1. The number of rotatable bonds is 3. The summed E-state index contributed by atoms with van der Waals surface area (Å²) in [5.41, 5.74) is 0.946. The van der Waals surface area contributed by atoms with Crippen LogP contribution in [0.4, 0.5) is 4.79 Å². The lowest BCUT2D eigenvalue weighted by atomic mass is 10.2. The maximum absolute atomic E-state index is 12.0. The van der Waals surface area contributed by atoms with Gasteiger partial charge in [0.1, 0.15) is 5.60 Å². The van der Waals surface area contributed by atoms with E-state index in [1.807, 2.05) is 32.1 Å². The molecule has 0 radical (unpaired) electrons. The Hall–Kier alpha value is -1.07. The number of nitrogens with zero attached hydrogens (tertiary/aromatic N) is 1. The van der Waals surface area contributed by atoms with Gasteiger partial charge in [0.15, 0.2) is 0 Å². The fraction of sp³-hybridized carbons (Fsp3) is 0.688. The number of hydrogen-bond donors (Lipinski definition) is 1. The quantitative estimate of drug-likeness (QED) is 0.929. The Labute approximate surface area is 131 Å². The molecule has 1 aromatic heterocycles. The van der Waals surface area contributed by atoms with Gasteiger partial charge in [-0.1, -0.05) is 0 Å². The van der Waals surface area contributed by atoms with Crippen LogP contribution < -0.4 is 5.32 Å². The third-order valence-electron chi connectivity index (χ3n) is 3.56. The van der Waals surface area contributed by atoms with Crippen LogP contribution in [0.1, 0.15) is 42.5 Å². The van der Waals surface area contributed by atoms with E-state index < -0.39 is 5.60 Å². The van der Waals surface area contributed by atoms with Crippen molar-refractivity contribution in [3.05, 3.63) is 21.4 Å². The minimum absolute atomic E-state index is 0.200. The Morgan fingerprint density at radius 3 is 2.76 bits per heavy atom. The largest absolute Gasteiger partial charge is 0.444 e. The molecule has 0 aliphatic carbocycles. The second-order valence-corrected chi connectivity index (χ2v) is 8.19. The van der Waals surface area contributed by atoms with Gasteiger partial charge in [-0.25, -0.2) is 4.79 Å². The normalized spacial score (nSPS) is 19.1. The lowest BCUT2D eigenvalue weighted by molar-refractivity contribution is 0.0291. The van der Waals surface area contributed by atoms with Crippen LogP contribution in [0, 0.1) is 13.8 Å². The third kappa shape index (κ3) is 4.71. The van der Waals surface area contributed by atoms with Crippen LogP contribution >= 0.6 is 11.3 Å². The molecule has 1 saturated heterocycles. The van der Waals surface area contributed by atoms with Crippen LogP contribution in [0.3, 0.4) is 0 Å². The van der Waals surface area contributed by atoms with Gasteiger partial charge in [-0.05, 0) is 52.7 Å². The molecule has 1 amide bonds. The van der Waals surface area contributed by atoms with Gasteiger partial charge in [0.05, 0.1) is 0 Å². The second kappa shape index (κ2) is 6.36. The first-order chi connectivity index (χ1) is 9.74. The standard InChI is InChI=1S/C16H26N2O2S/c1-11-8-13(12(2)21-11)9-17-14-6-7-18(10-14)15(19)20-16(3,4)5/h8,14,17H,6-7,9-10H2,1-5H3. The van der Waals surface area contributed by atoms with Crippen molar-refractivity contribution < 1.29 is 9.53 Å². The van der Waals surface area contributed by atoms with Crippen LogP contribution in [-0.4, -0.2) is 35.7 Å². The topological polar surface area (TPSA) is 41.6 Å². The van der Waals surface area contributed by atoms with E-state index in [1.54, 1.807) is 4.90 Å². The summed E-state index contributed by atoms with van der Waals surface area (Å²) in [6, 6.07) is 2.60. The lowest BCUT2D eigenvalue weighted by Gasteiger charge is -2.24. The van der Waals surface area contributed by atoms with Gasteiger partial charge in [-0.15, -0.1) is 11.3 Å². The number of likely N-dealkylation sites (tertiary alicyclic amines) is 1. The second-order valence-electron chi connectivity index (χ2n) is 6.73. The lowest BCUT2D eigenvalue weighted by Crippen LogP contribution is -2.38. The van der Waals surface area contributed by atoms with Gasteiger partial charge in [-0.3, -0.25) is 0 Å². The zero-order valence-corrected chi connectivity index (χ0v) is 14.5. The highest BCUT2D eigenvalue weighted by atomic mass is 32.1. The van der Waals surface area contributed by atoms with Crippen LogP contribution in [0.2, 0.25) is 0 Å². The molecule has 1 fully saturated rings. The van der Waals surface area contributed by atoms with Crippen LogP contribution in [0.15, 0.2) is 6.07 Å². The van der Waals surface area contributed by atoms with Gasteiger partial charge in [0, 0.05) is 35.4 Å². The summed E-state index contributed by atoms with van der Waals surface area (Å²) in [4.78, 5) is 16.5. The molecular weight excluding hydrogens is 284 g/mol. The molecule has 1 aliphatic heterocycles. The first-order valence-electron chi connectivity index (χ1n) is 7.52. The molecule has 0 aromatic carbocycles. The van der Waals surface area contributed by atoms with E-state index >= 15 is 0 Å². The monoisotopic (exact) mass is 310 g/mol. The van der Waals surface area contributed by atoms with Gasteiger partial charge in [0.2, 0.25) is 0 Å². The number of nitrogens with one attached hydrogen (secondary N) is 1. The maximum Gasteiger partial charge on any atom is 0.410 e. The minimum Gasteiger partial charge on any atom is -0.444 e. The molecule has 0 bridgehead atoms. The fourth-order valence-corrected chi connectivity index (χ4v) is 3.48. The van der Waals surface area contributed by atoms with Crippen molar-refractivity contribution in [2.75, 3.05) is 13.1 Å². The summed E-state index contributed by atoms with van der Waals surface area (Å²) in [5.74, 6) is 0. The number of thiophene rings is 1. The molecule has 1 aromatic rings. The van der Waals surface area contributed by atoms with Crippen molar-refractivity contribution in [1.29, 1.82) is 0 Å². The van der Waals surface area contributed by atoms with Gasteiger partial charge >= 0.3 is 6.09 Å². The number of aryl methyl sites for hydroxylation is 2. The van der Waals surface area contributed by atoms with E-state index in [-0.39, 0.29) is 6.09 Å². The molecule has 118 valence electrons. The summed E-state index contributed by atoms with van der Waals surface area (Å²) >= 11 is 1.84. The highest BCUT2D eigenvalue weighted by Crippen LogP contribution is 2.21. The molecule has 1 N–H and O–H groups in total. The van der Waals surface area contributed by atoms with Crippen molar-refractivity contribution in [2.24, 2.45) is 0 Å². The van der Waals surface area contributed by atoms with Crippen molar-refractivity contribution in [3.8, 4) is 0 Å². The van der Waals surface area contributed by atoms with E-state index in [1.165, 1.54) is 15.3 Å². The van der Waals surface area contributed by atoms with Crippen molar-refractivity contribution in [1.82, 2.24) is 10.2 Å². The summed E-state index contributed by atoms with van der Waals surface area (Å²) in [6.45, 7) is 12.4. The highest BCUT2D eigenvalue weighted by Gasteiger charge is 2.29. The molecule has 1 atom stereocenters. The molecular formula is C16H26N2O2S. The molecule has 1 aliphatic rings. The molecule has 1 unspecified atom stereocenters. The summed E-state index contributed by atoms with van der Waals surface area (Å²) in [7, 11) is 0. The average molecular weight is 310 g/mol. The predicted molar refractivity (Wildman–Crippen MR) is 86.8 cm³/mol. The Morgan fingerprint density at radius 2 is 2.19 bits per heavy atom. The number of ether oxygens (including phenoxy) is 1. The van der Waals surface area contributed by atoms with Crippen molar-refractivity contribution in [3.63, 3.8) is 0 Å². The molecule has 0 spiro atoms. The van der Waals surface area contributed by atoms with E-state index in [0.717, 1.165) is 26.1 Å². The first kappa shape index (κ1) is 16.3. The predicted octanol–water partition coefficient (Wildman–Crippen LogP) is 3.46. The highest BCUT2D eigenvalue weighted by molar-refractivity contribution is 7.12. The first-order valence-corrected chi connectivity index (χ1v) is 8.33. The van der Waals surface area contributed by atoms with Crippen molar-refractivity contribution >= 4 is 17.4 Å². The zero-order chi connectivity index (χ0) is 15.6. The third-order valence-corrected chi connectivity index (χ3v) is 4.57. The minimum atomic E-state index is -0.423. The smallest absolute Gasteiger partial charge is 0.410 e. The molecule has 5 heteroatoms. The Kier molecular flexibility index (Phi) is 4.94. The fourth-order valence-electron chi connectivity index (χ4n) is 2.53. The van der Waals surface area contributed by atoms with Gasteiger partial charge in [-0.2, -0.15) is 0 Å². The SMILES string of the molecule is Cc1cc(CNC2CCN(C(=O)OC(C)(C)C)C2)c(C)s1. The molecule has 2 rings (SSSR count). The number of amides is 1. The summed E-state index contributed by atoms with van der Waals surface area (Å²) in [6.07, 6.45) is 0.788. The summed E-state index contributed by atoms with van der Waals surface area (Å²) in [5, 5.41) is 3.56.